The normalized spacial score (nSPS) is 19.6. The number of sulfonamides is 1. The minimum absolute atomic E-state index is 0.119. The van der Waals surface area contributed by atoms with Crippen LogP contribution in [-0.2, 0) is 16.4 Å². The van der Waals surface area contributed by atoms with Crippen molar-refractivity contribution in [1.82, 2.24) is 9.29 Å². The Bertz CT molecular complexity index is 744. The molecule has 7 heteroatoms. The summed E-state index contributed by atoms with van der Waals surface area (Å²) in [6.07, 6.45) is 5.75. The summed E-state index contributed by atoms with van der Waals surface area (Å²) in [6, 6.07) is 7.19. The second-order valence-corrected chi connectivity index (χ2v) is 8.84. The molecule has 0 N–H and O–H groups in total. The van der Waals surface area contributed by atoms with Crippen molar-refractivity contribution in [2.45, 2.75) is 36.5 Å². The molecule has 124 valence electrons. The summed E-state index contributed by atoms with van der Waals surface area (Å²) in [5.74, 6) is 0.730. The number of aryl methyl sites for hydroxylation is 1. The molecule has 2 aromatic heterocycles. The molecule has 3 rings (SSSR count). The van der Waals surface area contributed by atoms with Gasteiger partial charge in [0.25, 0.3) is 10.0 Å². The molecule has 0 radical (unpaired) electrons. The number of thiophene rings is 1. The van der Waals surface area contributed by atoms with Crippen LogP contribution < -0.4 is 4.74 Å². The number of aromatic nitrogens is 1. The third-order valence-corrected chi connectivity index (χ3v) is 7.44. The third-order valence-electron chi connectivity index (χ3n) is 3.87. The van der Waals surface area contributed by atoms with Crippen LogP contribution in [0.4, 0.5) is 0 Å². The SMILES string of the molecule is CCc1ccc(S(=O)(=O)N2CCCC(Oc3ccncc3)C2)s1. The number of pyridine rings is 1. The highest BCUT2D eigenvalue weighted by Gasteiger charge is 2.32. The smallest absolute Gasteiger partial charge is 0.252 e. The van der Waals surface area contributed by atoms with Gasteiger partial charge < -0.3 is 4.74 Å². The Balaban J connectivity index is 1.72. The van der Waals surface area contributed by atoms with E-state index < -0.39 is 10.0 Å². The van der Waals surface area contributed by atoms with Crippen molar-refractivity contribution in [2.75, 3.05) is 13.1 Å². The van der Waals surface area contributed by atoms with E-state index >= 15 is 0 Å². The van der Waals surface area contributed by atoms with Crippen LogP contribution >= 0.6 is 11.3 Å². The van der Waals surface area contributed by atoms with Gasteiger partial charge in [-0.15, -0.1) is 11.3 Å². The fourth-order valence-electron chi connectivity index (χ4n) is 2.64. The van der Waals surface area contributed by atoms with E-state index in [1.807, 2.05) is 13.0 Å². The quantitative estimate of drug-likeness (QED) is 0.830. The van der Waals surface area contributed by atoms with Crippen molar-refractivity contribution >= 4 is 21.4 Å². The Morgan fingerprint density at radius 3 is 2.78 bits per heavy atom. The summed E-state index contributed by atoms with van der Waals surface area (Å²) in [5, 5.41) is 0. The highest BCUT2D eigenvalue weighted by atomic mass is 32.2. The Morgan fingerprint density at radius 2 is 2.09 bits per heavy atom. The molecule has 0 bridgehead atoms. The van der Waals surface area contributed by atoms with Crippen LogP contribution in [0.1, 0.15) is 24.6 Å². The summed E-state index contributed by atoms with van der Waals surface area (Å²) in [7, 11) is -3.42. The predicted octanol–water partition coefficient (Wildman–Crippen LogP) is 2.94. The van der Waals surface area contributed by atoms with Crippen LogP contribution in [0.5, 0.6) is 5.75 Å². The van der Waals surface area contributed by atoms with E-state index in [4.69, 9.17) is 4.74 Å². The highest BCUT2D eigenvalue weighted by Crippen LogP contribution is 2.28. The summed E-state index contributed by atoms with van der Waals surface area (Å²) >= 11 is 1.36. The van der Waals surface area contributed by atoms with E-state index in [-0.39, 0.29) is 6.10 Å². The molecule has 1 aliphatic rings. The van der Waals surface area contributed by atoms with Gasteiger partial charge in [0.15, 0.2) is 0 Å². The van der Waals surface area contributed by atoms with Crippen molar-refractivity contribution in [3.8, 4) is 5.75 Å². The van der Waals surface area contributed by atoms with Gasteiger partial charge in [-0.1, -0.05) is 6.92 Å². The molecule has 0 aliphatic carbocycles. The highest BCUT2D eigenvalue weighted by molar-refractivity contribution is 7.91. The zero-order valence-electron chi connectivity index (χ0n) is 13.0. The zero-order valence-corrected chi connectivity index (χ0v) is 14.6. The minimum atomic E-state index is -3.42. The molecule has 3 heterocycles. The first-order valence-corrected chi connectivity index (χ1v) is 10.0. The van der Waals surface area contributed by atoms with Crippen LogP contribution in [0.2, 0.25) is 0 Å². The molecular weight excluding hydrogens is 332 g/mol. The number of hydrogen-bond acceptors (Lipinski definition) is 5. The van der Waals surface area contributed by atoms with Gasteiger partial charge in [-0.2, -0.15) is 4.31 Å². The van der Waals surface area contributed by atoms with Gasteiger partial charge in [0.05, 0.1) is 6.54 Å². The van der Waals surface area contributed by atoms with Crippen LogP contribution in [0, 0.1) is 0 Å². The molecule has 0 saturated carbocycles. The van der Waals surface area contributed by atoms with Crippen molar-refractivity contribution in [3.63, 3.8) is 0 Å². The van der Waals surface area contributed by atoms with Gasteiger partial charge in [0, 0.05) is 23.8 Å². The summed E-state index contributed by atoms with van der Waals surface area (Å²) in [4.78, 5) is 5.05. The summed E-state index contributed by atoms with van der Waals surface area (Å²) in [5.41, 5.74) is 0. The maximum Gasteiger partial charge on any atom is 0.252 e. The molecule has 2 aromatic rings. The second-order valence-electron chi connectivity index (χ2n) is 5.50. The second kappa shape index (κ2) is 6.98. The number of piperidine rings is 1. The first-order chi connectivity index (χ1) is 11.1. The van der Waals surface area contributed by atoms with E-state index in [0.29, 0.717) is 17.3 Å². The van der Waals surface area contributed by atoms with Crippen molar-refractivity contribution in [1.29, 1.82) is 0 Å². The average molecular weight is 352 g/mol. The fourth-order valence-corrected chi connectivity index (χ4v) is 5.60. The standard InChI is InChI=1S/C16H20N2O3S2/c1-2-15-5-6-16(22-15)23(19,20)18-11-3-4-14(12-18)21-13-7-9-17-10-8-13/h5-10,14H,2-4,11-12H2,1H3. The molecule has 0 amide bonds. The monoisotopic (exact) mass is 352 g/mol. The van der Waals surface area contributed by atoms with E-state index in [2.05, 4.69) is 4.98 Å². The van der Waals surface area contributed by atoms with Gasteiger partial charge >= 0.3 is 0 Å². The Hall–Kier alpha value is -1.44. The molecule has 0 spiro atoms. The lowest BCUT2D eigenvalue weighted by atomic mass is 10.1. The third kappa shape index (κ3) is 3.73. The molecule has 5 nitrogen and oxygen atoms in total. The largest absolute Gasteiger partial charge is 0.489 e. The summed E-state index contributed by atoms with van der Waals surface area (Å²) in [6.45, 7) is 2.98. The first-order valence-electron chi connectivity index (χ1n) is 7.75. The predicted molar refractivity (Wildman–Crippen MR) is 90.3 cm³/mol. The molecule has 23 heavy (non-hydrogen) atoms. The molecule has 1 saturated heterocycles. The van der Waals surface area contributed by atoms with Gasteiger partial charge in [-0.25, -0.2) is 8.42 Å². The lowest BCUT2D eigenvalue weighted by molar-refractivity contribution is 0.130. The van der Waals surface area contributed by atoms with E-state index in [1.165, 1.54) is 11.3 Å². The Kier molecular flexibility index (Phi) is 4.99. The Labute approximate surface area is 141 Å². The van der Waals surface area contributed by atoms with E-state index in [0.717, 1.165) is 29.9 Å². The molecule has 1 unspecified atom stereocenters. The topological polar surface area (TPSA) is 59.5 Å². The van der Waals surface area contributed by atoms with E-state index in [9.17, 15) is 8.42 Å². The lowest BCUT2D eigenvalue weighted by Crippen LogP contribution is -2.44. The minimum Gasteiger partial charge on any atom is -0.489 e. The van der Waals surface area contributed by atoms with Crippen LogP contribution in [0.3, 0.4) is 0 Å². The van der Waals surface area contributed by atoms with Crippen LogP contribution in [-0.4, -0.2) is 36.9 Å². The molecular formula is C16H20N2O3S2. The van der Waals surface area contributed by atoms with Gasteiger partial charge in [-0.05, 0) is 43.5 Å². The van der Waals surface area contributed by atoms with Gasteiger partial charge in [0.2, 0.25) is 0 Å². The summed E-state index contributed by atoms with van der Waals surface area (Å²) < 4.78 is 33.4. The van der Waals surface area contributed by atoms with Crippen molar-refractivity contribution < 1.29 is 13.2 Å². The van der Waals surface area contributed by atoms with E-state index in [1.54, 1.807) is 34.9 Å². The number of ether oxygens (including phenoxy) is 1. The lowest BCUT2D eigenvalue weighted by Gasteiger charge is -2.31. The zero-order chi connectivity index (χ0) is 16.3. The number of rotatable bonds is 5. The Morgan fingerprint density at radius 1 is 1.30 bits per heavy atom. The van der Waals surface area contributed by atoms with Gasteiger partial charge in [0.1, 0.15) is 16.1 Å². The molecule has 1 aliphatic heterocycles. The van der Waals surface area contributed by atoms with Crippen molar-refractivity contribution in [2.24, 2.45) is 0 Å². The first kappa shape index (κ1) is 16.4. The maximum absolute atomic E-state index is 12.8. The van der Waals surface area contributed by atoms with Crippen LogP contribution in [0.15, 0.2) is 40.9 Å². The molecule has 1 fully saturated rings. The fraction of sp³-hybridized carbons (Fsp3) is 0.438. The number of hydrogen-bond donors (Lipinski definition) is 0. The molecule has 0 aromatic carbocycles. The molecule has 1 atom stereocenters. The average Bonchev–Trinajstić information content (AvgIpc) is 3.06. The maximum atomic E-state index is 12.8. The van der Waals surface area contributed by atoms with Crippen LogP contribution in [0.25, 0.3) is 0 Å². The van der Waals surface area contributed by atoms with Crippen molar-refractivity contribution in [3.05, 3.63) is 41.5 Å². The van der Waals surface area contributed by atoms with Gasteiger partial charge in [-0.3, -0.25) is 4.98 Å². The number of nitrogens with zero attached hydrogens (tertiary/aromatic N) is 2.